The molecule has 1 saturated heterocycles. The Morgan fingerprint density at radius 2 is 1.87 bits per heavy atom. The van der Waals surface area contributed by atoms with Gasteiger partial charge in [-0.25, -0.2) is 0 Å². The van der Waals surface area contributed by atoms with Crippen LogP contribution < -0.4 is 0 Å². The van der Waals surface area contributed by atoms with Gasteiger partial charge in [-0.1, -0.05) is 17.7 Å². The number of halogens is 1. The van der Waals surface area contributed by atoms with Crippen LogP contribution in [0.25, 0.3) is 0 Å². The first-order valence-electron chi connectivity index (χ1n) is 5.49. The van der Waals surface area contributed by atoms with Crippen molar-refractivity contribution < 1.29 is 4.74 Å². The Morgan fingerprint density at radius 3 is 2.47 bits per heavy atom. The molecule has 1 aromatic carbocycles. The quantitative estimate of drug-likeness (QED) is 0.714. The van der Waals surface area contributed by atoms with Crippen molar-refractivity contribution in [1.29, 1.82) is 0 Å². The van der Waals surface area contributed by atoms with Crippen LogP contribution in [0.3, 0.4) is 0 Å². The van der Waals surface area contributed by atoms with Gasteiger partial charge in [-0.15, -0.1) is 0 Å². The summed E-state index contributed by atoms with van der Waals surface area (Å²) in [5.41, 5.74) is 3.83. The van der Waals surface area contributed by atoms with E-state index in [4.69, 9.17) is 16.3 Å². The zero-order chi connectivity index (χ0) is 11.0. The molecule has 1 nitrogen and oxygen atoms in total. The zero-order valence-electron chi connectivity index (χ0n) is 9.51. The SMILES string of the molecule is Cc1cc(Cl)c(CCC2OC2C)cc1C. The Hall–Kier alpha value is -0.530. The maximum Gasteiger partial charge on any atom is 0.0842 e. The Kier molecular flexibility index (Phi) is 3.03. The Labute approximate surface area is 96.4 Å². The van der Waals surface area contributed by atoms with Crippen LogP contribution >= 0.6 is 11.6 Å². The number of rotatable bonds is 3. The van der Waals surface area contributed by atoms with Crippen LogP contribution in [0.5, 0.6) is 0 Å². The fraction of sp³-hybridized carbons (Fsp3) is 0.538. The van der Waals surface area contributed by atoms with Crippen LogP contribution in [0.15, 0.2) is 12.1 Å². The third kappa shape index (κ3) is 2.53. The molecule has 0 saturated carbocycles. The summed E-state index contributed by atoms with van der Waals surface area (Å²) in [5.74, 6) is 0. The van der Waals surface area contributed by atoms with E-state index in [1.807, 2.05) is 0 Å². The molecular formula is C13H17ClO. The minimum Gasteiger partial charge on any atom is -0.370 e. The van der Waals surface area contributed by atoms with Gasteiger partial charge in [-0.2, -0.15) is 0 Å². The molecular weight excluding hydrogens is 208 g/mol. The molecule has 0 N–H and O–H groups in total. The van der Waals surface area contributed by atoms with Gasteiger partial charge in [-0.05, 0) is 56.4 Å². The molecule has 0 amide bonds. The number of epoxide rings is 1. The van der Waals surface area contributed by atoms with Gasteiger partial charge in [0.15, 0.2) is 0 Å². The molecule has 1 heterocycles. The van der Waals surface area contributed by atoms with Gasteiger partial charge in [0.2, 0.25) is 0 Å². The molecule has 0 aliphatic carbocycles. The molecule has 2 atom stereocenters. The molecule has 0 radical (unpaired) electrons. The number of hydrogen-bond donors (Lipinski definition) is 0. The third-order valence-electron chi connectivity index (χ3n) is 3.20. The number of aryl methyl sites for hydroxylation is 3. The maximum atomic E-state index is 6.20. The molecule has 82 valence electrons. The summed E-state index contributed by atoms with van der Waals surface area (Å²) in [6, 6.07) is 4.26. The van der Waals surface area contributed by atoms with E-state index in [1.54, 1.807) is 0 Å². The highest BCUT2D eigenvalue weighted by molar-refractivity contribution is 6.31. The fourth-order valence-corrected chi connectivity index (χ4v) is 2.18. The van der Waals surface area contributed by atoms with E-state index in [9.17, 15) is 0 Å². The molecule has 0 spiro atoms. The van der Waals surface area contributed by atoms with Gasteiger partial charge in [0.25, 0.3) is 0 Å². The van der Waals surface area contributed by atoms with E-state index in [0.29, 0.717) is 12.2 Å². The van der Waals surface area contributed by atoms with Crippen LogP contribution in [-0.2, 0) is 11.2 Å². The molecule has 15 heavy (non-hydrogen) atoms. The predicted octanol–water partition coefficient (Wildman–Crippen LogP) is 3.68. The van der Waals surface area contributed by atoms with E-state index in [0.717, 1.165) is 17.9 Å². The molecule has 2 heteroatoms. The van der Waals surface area contributed by atoms with E-state index in [2.05, 4.69) is 32.9 Å². The van der Waals surface area contributed by atoms with Crippen molar-refractivity contribution in [3.8, 4) is 0 Å². The van der Waals surface area contributed by atoms with E-state index in [-0.39, 0.29) is 0 Å². The van der Waals surface area contributed by atoms with Gasteiger partial charge in [-0.3, -0.25) is 0 Å². The van der Waals surface area contributed by atoms with Crippen molar-refractivity contribution >= 4 is 11.6 Å². The normalized spacial score (nSPS) is 24.3. The molecule has 2 rings (SSSR count). The summed E-state index contributed by atoms with van der Waals surface area (Å²) < 4.78 is 5.39. The minimum atomic E-state index is 0.454. The van der Waals surface area contributed by atoms with Crippen molar-refractivity contribution in [2.45, 2.75) is 45.8 Å². The highest BCUT2D eigenvalue weighted by Crippen LogP contribution is 2.28. The molecule has 1 aliphatic heterocycles. The number of ether oxygens (including phenoxy) is 1. The zero-order valence-corrected chi connectivity index (χ0v) is 10.3. The second-order valence-corrected chi connectivity index (χ2v) is 4.85. The van der Waals surface area contributed by atoms with Crippen LogP contribution in [0.1, 0.15) is 30.0 Å². The molecule has 0 aromatic heterocycles. The van der Waals surface area contributed by atoms with Gasteiger partial charge >= 0.3 is 0 Å². The predicted molar refractivity (Wildman–Crippen MR) is 63.6 cm³/mol. The van der Waals surface area contributed by atoms with E-state index in [1.165, 1.54) is 16.7 Å². The van der Waals surface area contributed by atoms with Crippen LogP contribution in [0.4, 0.5) is 0 Å². The summed E-state index contributed by atoms with van der Waals surface area (Å²) in [4.78, 5) is 0. The summed E-state index contributed by atoms with van der Waals surface area (Å²) in [5, 5.41) is 0.895. The monoisotopic (exact) mass is 224 g/mol. The van der Waals surface area contributed by atoms with E-state index >= 15 is 0 Å². The summed E-state index contributed by atoms with van der Waals surface area (Å²) >= 11 is 6.20. The Morgan fingerprint density at radius 1 is 1.27 bits per heavy atom. The van der Waals surface area contributed by atoms with Crippen molar-refractivity contribution in [2.24, 2.45) is 0 Å². The maximum absolute atomic E-state index is 6.20. The van der Waals surface area contributed by atoms with Gasteiger partial charge in [0.05, 0.1) is 12.2 Å². The molecule has 1 aromatic rings. The van der Waals surface area contributed by atoms with Gasteiger partial charge in [0, 0.05) is 5.02 Å². The number of benzene rings is 1. The lowest BCUT2D eigenvalue weighted by atomic mass is 10.0. The average Bonchev–Trinajstić information content (AvgIpc) is 2.86. The lowest BCUT2D eigenvalue weighted by Crippen LogP contribution is -1.96. The summed E-state index contributed by atoms with van der Waals surface area (Å²) in [6.07, 6.45) is 3.02. The second-order valence-electron chi connectivity index (χ2n) is 4.45. The van der Waals surface area contributed by atoms with Crippen molar-refractivity contribution in [1.82, 2.24) is 0 Å². The van der Waals surface area contributed by atoms with Crippen LogP contribution in [0, 0.1) is 13.8 Å². The van der Waals surface area contributed by atoms with Crippen molar-refractivity contribution in [3.05, 3.63) is 33.8 Å². The van der Waals surface area contributed by atoms with Gasteiger partial charge in [0.1, 0.15) is 0 Å². The summed E-state index contributed by atoms with van der Waals surface area (Å²) in [6.45, 7) is 6.34. The smallest absolute Gasteiger partial charge is 0.0842 e. The van der Waals surface area contributed by atoms with Crippen molar-refractivity contribution in [3.63, 3.8) is 0 Å². The molecule has 0 bridgehead atoms. The highest BCUT2D eigenvalue weighted by atomic mass is 35.5. The third-order valence-corrected chi connectivity index (χ3v) is 3.55. The highest BCUT2D eigenvalue weighted by Gasteiger charge is 2.33. The standard InChI is InChI=1S/C13H17ClO/c1-8-6-11(12(14)7-9(8)2)4-5-13-10(3)15-13/h6-7,10,13H,4-5H2,1-3H3. The first-order valence-corrected chi connectivity index (χ1v) is 5.87. The molecule has 1 fully saturated rings. The minimum absolute atomic E-state index is 0.454. The Bertz CT molecular complexity index is 373. The molecule has 2 unspecified atom stereocenters. The van der Waals surface area contributed by atoms with E-state index < -0.39 is 0 Å². The van der Waals surface area contributed by atoms with Crippen LogP contribution in [-0.4, -0.2) is 12.2 Å². The topological polar surface area (TPSA) is 12.5 Å². The Balaban J connectivity index is 2.04. The lowest BCUT2D eigenvalue weighted by Gasteiger charge is -2.07. The fourth-order valence-electron chi connectivity index (χ4n) is 1.86. The van der Waals surface area contributed by atoms with Crippen molar-refractivity contribution in [2.75, 3.05) is 0 Å². The van der Waals surface area contributed by atoms with Gasteiger partial charge < -0.3 is 4.74 Å². The largest absolute Gasteiger partial charge is 0.370 e. The first kappa shape index (κ1) is 11.0. The first-order chi connectivity index (χ1) is 7.08. The number of hydrogen-bond acceptors (Lipinski definition) is 1. The second kappa shape index (κ2) is 4.15. The van der Waals surface area contributed by atoms with Crippen LogP contribution in [0.2, 0.25) is 5.02 Å². The lowest BCUT2D eigenvalue weighted by molar-refractivity contribution is 0.370. The average molecular weight is 225 g/mol. The molecule has 1 aliphatic rings. The summed E-state index contributed by atoms with van der Waals surface area (Å²) in [7, 11) is 0.